The third-order valence-corrected chi connectivity index (χ3v) is 0.760. The molecule has 10 heavy (non-hydrogen) atoms. The van der Waals surface area contributed by atoms with Crippen LogP contribution in [-0.4, -0.2) is 19.0 Å². The van der Waals surface area contributed by atoms with Gasteiger partial charge in [-0.05, 0) is 11.6 Å². The van der Waals surface area contributed by atoms with Crippen molar-refractivity contribution in [2.24, 2.45) is 5.11 Å². The van der Waals surface area contributed by atoms with Crippen molar-refractivity contribution in [3.63, 3.8) is 0 Å². The molecule has 54 valence electrons. The Morgan fingerprint density at radius 1 is 1.90 bits per heavy atom. The summed E-state index contributed by atoms with van der Waals surface area (Å²) in [5.41, 5.74) is 7.81. The zero-order valence-electron chi connectivity index (χ0n) is 5.45. The van der Waals surface area contributed by atoms with Crippen LogP contribution in [0.25, 0.3) is 10.4 Å². The smallest absolute Gasteiger partial charge is 0.243 e. The molecule has 5 heteroatoms. The maximum atomic E-state index is 10.4. The van der Waals surface area contributed by atoms with Gasteiger partial charge >= 0.3 is 0 Å². The van der Waals surface area contributed by atoms with E-state index in [4.69, 9.17) is 5.53 Å². The van der Waals surface area contributed by atoms with Crippen molar-refractivity contribution >= 4 is 5.91 Å². The number of carbonyl (C=O) groups is 1. The van der Waals surface area contributed by atoms with Gasteiger partial charge in [-0.3, -0.25) is 4.79 Å². The molecule has 0 unspecified atom stereocenters. The normalized spacial score (nSPS) is 7.60. The van der Waals surface area contributed by atoms with Crippen molar-refractivity contribution in [1.29, 1.82) is 0 Å². The van der Waals surface area contributed by atoms with Crippen LogP contribution in [0.4, 0.5) is 0 Å². The Labute approximate surface area is 58.4 Å². The molecular formula is C5H8N4O. The predicted molar refractivity (Wildman–Crippen MR) is 37.2 cm³/mol. The van der Waals surface area contributed by atoms with Crippen LogP contribution < -0.4 is 5.32 Å². The monoisotopic (exact) mass is 140 g/mol. The van der Waals surface area contributed by atoms with Crippen LogP contribution in [0.1, 0.15) is 0 Å². The molecule has 0 heterocycles. The molecule has 1 amide bonds. The summed E-state index contributed by atoms with van der Waals surface area (Å²) < 4.78 is 0. The number of nitrogens with zero attached hydrogens (tertiary/aromatic N) is 3. The lowest BCUT2D eigenvalue weighted by atomic mass is 10.5. The minimum atomic E-state index is -0.256. The summed E-state index contributed by atoms with van der Waals surface area (Å²) in [6.45, 7) is 3.87. The quantitative estimate of drug-likeness (QED) is 0.200. The Morgan fingerprint density at radius 2 is 2.60 bits per heavy atom. The first-order valence-corrected chi connectivity index (χ1v) is 2.72. The lowest BCUT2D eigenvalue weighted by molar-refractivity contribution is -0.116. The number of nitrogens with one attached hydrogen (secondary N) is 1. The molecule has 0 saturated heterocycles. The van der Waals surface area contributed by atoms with Gasteiger partial charge in [0.1, 0.15) is 0 Å². The van der Waals surface area contributed by atoms with E-state index in [9.17, 15) is 4.79 Å². The van der Waals surface area contributed by atoms with Crippen molar-refractivity contribution < 1.29 is 4.79 Å². The minimum absolute atomic E-state index is 0.256. The summed E-state index contributed by atoms with van der Waals surface area (Å²) in [6, 6.07) is 0. The van der Waals surface area contributed by atoms with E-state index in [-0.39, 0.29) is 12.5 Å². The van der Waals surface area contributed by atoms with Gasteiger partial charge in [0.25, 0.3) is 0 Å². The SMILES string of the molecule is C=CC(=O)NCCN=[N+]=[N-]. The molecule has 0 aromatic carbocycles. The Balaban J connectivity index is 3.27. The van der Waals surface area contributed by atoms with Crippen LogP contribution >= 0.6 is 0 Å². The fourth-order valence-corrected chi connectivity index (χ4v) is 0.346. The molecule has 0 aromatic rings. The van der Waals surface area contributed by atoms with E-state index in [1.54, 1.807) is 0 Å². The third kappa shape index (κ3) is 4.67. The fraction of sp³-hybridized carbons (Fsp3) is 0.400. The highest BCUT2D eigenvalue weighted by atomic mass is 16.1. The Kier molecular flexibility index (Phi) is 4.82. The van der Waals surface area contributed by atoms with Crippen LogP contribution in [0.5, 0.6) is 0 Å². The highest BCUT2D eigenvalue weighted by Gasteiger charge is 1.88. The third-order valence-electron chi connectivity index (χ3n) is 0.760. The van der Waals surface area contributed by atoms with Crippen molar-refractivity contribution in [2.75, 3.05) is 13.1 Å². The molecule has 0 aliphatic carbocycles. The van der Waals surface area contributed by atoms with Gasteiger partial charge in [0.2, 0.25) is 5.91 Å². The molecule has 0 atom stereocenters. The van der Waals surface area contributed by atoms with Gasteiger partial charge in [0.05, 0.1) is 0 Å². The number of carbonyl (C=O) groups excluding carboxylic acids is 1. The number of hydrogen-bond donors (Lipinski definition) is 1. The summed E-state index contributed by atoms with van der Waals surface area (Å²) in [5.74, 6) is -0.256. The van der Waals surface area contributed by atoms with Crippen molar-refractivity contribution in [3.05, 3.63) is 23.1 Å². The first-order chi connectivity index (χ1) is 4.81. The second kappa shape index (κ2) is 5.65. The fourth-order valence-electron chi connectivity index (χ4n) is 0.346. The van der Waals surface area contributed by atoms with E-state index in [1.165, 1.54) is 0 Å². The molecule has 0 rings (SSSR count). The lowest BCUT2D eigenvalue weighted by Gasteiger charge is -1.94. The van der Waals surface area contributed by atoms with Gasteiger partial charge in [0.15, 0.2) is 0 Å². The average Bonchev–Trinajstić information content (AvgIpc) is 1.98. The second-order valence-electron chi connectivity index (χ2n) is 1.45. The molecule has 0 radical (unpaired) electrons. The minimum Gasteiger partial charge on any atom is -0.352 e. The van der Waals surface area contributed by atoms with Crippen LogP contribution in [-0.2, 0) is 4.79 Å². The Hall–Kier alpha value is -1.48. The summed E-state index contributed by atoms with van der Waals surface area (Å²) in [4.78, 5) is 12.9. The van der Waals surface area contributed by atoms with Crippen LogP contribution in [0, 0.1) is 0 Å². The molecule has 0 bridgehead atoms. The molecule has 1 N–H and O–H groups in total. The van der Waals surface area contributed by atoms with E-state index in [1.807, 2.05) is 0 Å². The zero-order chi connectivity index (χ0) is 7.82. The first-order valence-electron chi connectivity index (χ1n) is 2.72. The van der Waals surface area contributed by atoms with Crippen molar-refractivity contribution in [3.8, 4) is 0 Å². The van der Waals surface area contributed by atoms with Crippen molar-refractivity contribution in [1.82, 2.24) is 5.32 Å². The topological polar surface area (TPSA) is 77.9 Å². The van der Waals surface area contributed by atoms with Crippen LogP contribution in [0.3, 0.4) is 0 Å². The van der Waals surface area contributed by atoms with Crippen LogP contribution in [0.2, 0.25) is 0 Å². The molecule has 0 saturated carbocycles. The van der Waals surface area contributed by atoms with Crippen molar-refractivity contribution in [2.45, 2.75) is 0 Å². The summed E-state index contributed by atoms with van der Waals surface area (Å²) in [5, 5.41) is 5.65. The summed E-state index contributed by atoms with van der Waals surface area (Å²) >= 11 is 0. The number of azide groups is 1. The highest BCUT2D eigenvalue weighted by Crippen LogP contribution is 1.69. The molecule has 0 aromatic heterocycles. The predicted octanol–water partition coefficient (Wildman–Crippen LogP) is 0.599. The van der Waals surface area contributed by atoms with E-state index in [2.05, 4.69) is 21.9 Å². The van der Waals surface area contributed by atoms with E-state index >= 15 is 0 Å². The largest absolute Gasteiger partial charge is 0.352 e. The second-order valence-corrected chi connectivity index (χ2v) is 1.45. The van der Waals surface area contributed by atoms with Crippen LogP contribution in [0.15, 0.2) is 17.8 Å². The zero-order valence-corrected chi connectivity index (χ0v) is 5.45. The van der Waals surface area contributed by atoms with E-state index < -0.39 is 0 Å². The van der Waals surface area contributed by atoms with E-state index in [0.29, 0.717) is 6.54 Å². The van der Waals surface area contributed by atoms with E-state index in [0.717, 1.165) is 6.08 Å². The van der Waals surface area contributed by atoms with Gasteiger partial charge < -0.3 is 5.32 Å². The lowest BCUT2D eigenvalue weighted by Crippen LogP contribution is -2.23. The molecule has 0 aliphatic heterocycles. The van der Waals surface area contributed by atoms with Gasteiger partial charge in [0, 0.05) is 18.0 Å². The number of rotatable bonds is 4. The average molecular weight is 140 g/mol. The number of amides is 1. The molecule has 0 fully saturated rings. The maximum Gasteiger partial charge on any atom is 0.243 e. The van der Waals surface area contributed by atoms with Gasteiger partial charge in [-0.15, -0.1) is 0 Å². The molecule has 5 nitrogen and oxygen atoms in total. The Morgan fingerprint density at radius 3 is 3.10 bits per heavy atom. The molecule has 0 spiro atoms. The standard InChI is InChI=1S/C5H8N4O/c1-2-5(10)7-3-4-8-9-6/h2H,1,3-4H2,(H,7,10). The highest BCUT2D eigenvalue weighted by molar-refractivity contribution is 5.86. The summed E-state index contributed by atoms with van der Waals surface area (Å²) in [7, 11) is 0. The first kappa shape index (κ1) is 8.52. The van der Waals surface area contributed by atoms with Gasteiger partial charge in [-0.2, -0.15) is 0 Å². The maximum absolute atomic E-state index is 10.4. The number of hydrogen-bond acceptors (Lipinski definition) is 2. The molecule has 0 aliphatic rings. The van der Waals surface area contributed by atoms with Gasteiger partial charge in [-0.1, -0.05) is 11.7 Å². The molecular weight excluding hydrogens is 132 g/mol. The van der Waals surface area contributed by atoms with Gasteiger partial charge in [-0.25, -0.2) is 0 Å². The Bertz CT molecular complexity index is 170. The summed E-state index contributed by atoms with van der Waals surface area (Å²) in [6.07, 6.45) is 1.16.